The molecular formula is C36H64O4. The predicted molar refractivity (Wildman–Crippen MR) is 172 cm³/mol. The van der Waals surface area contributed by atoms with Crippen LogP contribution in [-0.2, 0) is 14.3 Å². The second-order valence-electron chi connectivity index (χ2n) is 11.3. The molecule has 232 valence electrons. The van der Waals surface area contributed by atoms with Gasteiger partial charge in [0.2, 0.25) is 0 Å². The minimum absolute atomic E-state index is 0.00170. The summed E-state index contributed by atoms with van der Waals surface area (Å²) < 4.78 is 5.95. The molecule has 0 aromatic carbocycles. The van der Waals surface area contributed by atoms with Gasteiger partial charge in [0.15, 0.2) is 0 Å². The number of hydrogen-bond donors (Lipinski definition) is 1. The molecule has 0 radical (unpaired) electrons. The Morgan fingerprint density at radius 2 is 1.05 bits per heavy atom. The van der Waals surface area contributed by atoms with Crippen molar-refractivity contribution in [2.75, 3.05) is 0 Å². The van der Waals surface area contributed by atoms with E-state index in [9.17, 15) is 9.59 Å². The lowest BCUT2D eigenvalue weighted by Crippen LogP contribution is -2.18. The lowest BCUT2D eigenvalue weighted by molar-refractivity contribution is -0.150. The van der Waals surface area contributed by atoms with E-state index < -0.39 is 5.97 Å². The third kappa shape index (κ3) is 30.7. The second kappa shape index (κ2) is 31.7. The first-order valence-electron chi connectivity index (χ1n) is 17.0. The fourth-order valence-electron chi connectivity index (χ4n) is 4.90. The van der Waals surface area contributed by atoms with Crippen LogP contribution in [0.4, 0.5) is 0 Å². The van der Waals surface area contributed by atoms with Crippen molar-refractivity contribution in [3.8, 4) is 0 Å². The van der Waals surface area contributed by atoms with Crippen molar-refractivity contribution in [1.82, 2.24) is 0 Å². The molecule has 0 aliphatic carbocycles. The van der Waals surface area contributed by atoms with E-state index >= 15 is 0 Å². The molecule has 0 saturated carbocycles. The van der Waals surface area contributed by atoms with Crippen LogP contribution in [0.25, 0.3) is 0 Å². The van der Waals surface area contributed by atoms with Gasteiger partial charge in [-0.1, -0.05) is 127 Å². The Kier molecular flexibility index (Phi) is 30.2. The van der Waals surface area contributed by atoms with Crippen molar-refractivity contribution in [1.29, 1.82) is 0 Å². The first kappa shape index (κ1) is 38.2. The number of ether oxygens (including phenoxy) is 1. The molecule has 0 bridgehead atoms. The van der Waals surface area contributed by atoms with Gasteiger partial charge in [-0.3, -0.25) is 9.59 Å². The van der Waals surface area contributed by atoms with E-state index in [1.54, 1.807) is 0 Å². The first-order chi connectivity index (χ1) is 19.6. The summed E-state index contributed by atoms with van der Waals surface area (Å²) in [5, 5.41) is 8.71. The molecule has 1 atom stereocenters. The minimum atomic E-state index is -0.690. The van der Waals surface area contributed by atoms with Crippen LogP contribution >= 0.6 is 0 Å². The summed E-state index contributed by atoms with van der Waals surface area (Å²) in [7, 11) is 0. The van der Waals surface area contributed by atoms with Crippen molar-refractivity contribution < 1.29 is 19.4 Å². The number of allylic oxidation sites excluding steroid dienone is 6. The van der Waals surface area contributed by atoms with Gasteiger partial charge in [-0.05, 0) is 70.6 Å². The van der Waals surface area contributed by atoms with Crippen molar-refractivity contribution in [3.63, 3.8) is 0 Å². The number of rotatable bonds is 30. The van der Waals surface area contributed by atoms with Gasteiger partial charge in [0.05, 0.1) is 0 Å². The Bertz CT molecular complexity index is 649. The maximum Gasteiger partial charge on any atom is 0.306 e. The first-order valence-corrected chi connectivity index (χ1v) is 17.0. The molecule has 0 aromatic rings. The Balaban J connectivity index is 3.95. The molecule has 4 heteroatoms. The van der Waals surface area contributed by atoms with E-state index in [0.29, 0.717) is 12.8 Å². The lowest BCUT2D eigenvalue weighted by atomic mass is 10.0. The number of unbranched alkanes of at least 4 members (excludes halogenated alkanes) is 15. The van der Waals surface area contributed by atoms with Crippen LogP contribution in [0, 0.1) is 0 Å². The number of aliphatic carboxylic acids is 1. The summed E-state index contributed by atoms with van der Waals surface area (Å²) in [6, 6.07) is 0. The van der Waals surface area contributed by atoms with E-state index in [1.807, 2.05) is 0 Å². The van der Waals surface area contributed by atoms with Crippen molar-refractivity contribution in [2.24, 2.45) is 0 Å². The molecule has 0 rings (SSSR count). The summed E-state index contributed by atoms with van der Waals surface area (Å²) in [6.07, 6.45) is 40.2. The minimum Gasteiger partial charge on any atom is -0.481 e. The Morgan fingerprint density at radius 3 is 1.62 bits per heavy atom. The third-order valence-corrected chi connectivity index (χ3v) is 7.38. The number of carbonyl (C=O) groups is 2. The van der Waals surface area contributed by atoms with Crippen LogP contribution in [0.5, 0.6) is 0 Å². The fraction of sp³-hybridized carbons (Fsp3) is 0.778. The molecule has 0 fully saturated rings. The number of carboxylic acid groups (broad SMARTS) is 1. The Morgan fingerprint density at radius 1 is 0.575 bits per heavy atom. The SMILES string of the molecule is CC/C=C\C/C=C\C/C=C\CCCCCCCC(=O)OC(CCCCCCC)CCCCCCCCCC(=O)O. The largest absolute Gasteiger partial charge is 0.481 e. The maximum atomic E-state index is 12.5. The van der Waals surface area contributed by atoms with E-state index in [0.717, 1.165) is 83.5 Å². The highest BCUT2D eigenvalue weighted by atomic mass is 16.5. The average Bonchev–Trinajstić information content (AvgIpc) is 2.93. The monoisotopic (exact) mass is 560 g/mol. The molecule has 0 aliphatic rings. The molecule has 1 unspecified atom stereocenters. The quantitative estimate of drug-likeness (QED) is 0.0539. The molecule has 0 heterocycles. The third-order valence-electron chi connectivity index (χ3n) is 7.38. The Labute approximate surface area is 248 Å². The van der Waals surface area contributed by atoms with Gasteiger partial charge in [0.25, 0.3) is 0 Å². The number of carboxylic acids is 1. The number of esters is 1. The van der Waals surface area contributed by atoms with Gasteiger partial charge >= 0.3 is 11.9 Å². The smallest absolute Gasteiger partial charge is 0.306 e. The van der Waals surface area contributed by atoms with Crippen LogP contribution in [0.15, 0.2) is 36.5 Å². The molecule has 4 nitrogen and oxygen atoms in total. The van der Waals surface area contributed by atoms with Crippen molar-refractivity contribution in [3.05, 3.63) is 36.5 Å². The second-order valence-corrected chi connectivity index (χ2v) is 11.3. The van der Waals surface area contributed by atoms with Gasteiger partial charge < -0.3 is 9.84 Å². The highest BCUT2D eigenvalue weighted by Crippen LogP contribution is 2.18. The van der Waals surface area contributed by atoms with Crippen LogP contribution in [0.2, 0.25) is 0 Å². The van der Waals surface area contributed by atoms with Gasteiger partial charge in [-0.2, -0.15) is 0 Å². The van der Waals surface area contributed by atoms with Crippen molar-refractivity contribution in [2.45, 2.75) is 180 Å². The van der Waals surface area contributed by atoms with Crippen LogP contribution < -0.4 is 0 Å². The van der Waals surface area contributed by atoms with E-state index in [1.165, 1.54) is 64.2 Å². The zero-order valence-corrected chi connectivity index (χ0v) is 26.4. The summed E-state index contributed by atoms with van der Waals surface area (Å²) in [4.78, 5) is 23.1. The van der Waals surface area contributed by atoms with Gasteiger partial charge in [0, 0.05) is 12.8 Å². The summed E-state index contributed by atoms with van der Waals surface area (Å²) in [5.41, 5.74) is 0. The van der Waals surface area contributed by atoms with E-state index in [2.05, 4.69) is 50.3 Å². The molecule has 0 aromatic heterocycles. The molecule has 0 aliphatic heterocycles. The zero-order chi connectivity index (χ0) is 29.4. The molecule has 0 spiro atoms. The lowest BCUT2D eigenvalue weighted by Gasteiger charge is -2.18. The van der Waals surface area contributed by atoms with E-state index in [-0.39, 0.29) is 12.1 Å². The summed E-state index contributed by atoms with van der Waals surface area (Å²) in [5.74, 6) is -0.692. The highest BCUT2D eigenvalue weighted by molar-refractivity contribution is 5.69. The number of carbonyl (C=O) groups excluding carboxylic acids is 1. The predicted octanol–water partition coefficient (Wildman–Crippen LogP) is 11.4. The van der Waals surface area contributed by atoms with Crippen molar-refractivity contribution >= 4 is 11.9 Å². The van der Waals surface area contributed by atoms with Gasteiger partial charge in [0.1, 0.15) is 6.10 Å². The zero-order valence-electron chi connectivity index (χ0n) is 26.4. The molecule has 1 N–H and O–H groups in total. The standard InChI is InChI=1S/C36H64O4/c1-3-5-7-9-10-11-12-13-14-15-16-17-21-25-29-33-36(39)40-34(30-26-22-8-6-4-2)31-27-23-19-18-20-24-28-32-35(37)38/h5,7,10-11,13-14,34H,3-4,6,8-9,12,15-33H2,1-2H3,(H,37,38)/b7-5-,11-10-,14-13-. The highest BCUT2D eigenvalue weighted by Gasteiger charge is 2.14. The fourth-order valence-corrected chi connectivity index (χ4v) is 4.90. The van der Waals surface area contributed by atoms with Crippen LogP contribution in [0.3, 0.4) is 0 Å². The Hall–Kier alpha value is -1.84. The van der Waals surface area contributed by atoms with Gasteiger partial charge in [-0.25, -0.2) is 0 Å². The normalized spacial score (nSPS) is 12.7. The van der Waals surface area contributed by atoms with E-state index in [4.69, 9.17) is 9.84 Å². The van der Waals surface area contributed by atoms with Crippen LogP contribution in [-0.4, -0.2) is 23.1 Å². The number of hydrogen-bond acceptors (Lipinski definition) is 3. The molecular weight excluding hydrogens is 496 g/mol. The summed E-state index contributed by atoms with van der Waals surface area (Å²) >= 11 is 0. The topological polar surface area (TPSA) is 63.6 Å². The summed E-state index contributed by atoms with van der Waals surface area (Å²) in [6.45, 7) is 4.40. The molecule has 0 amide bonds. The molecule has 0 saturated heterocycles. The maximum absolute atomic E-state index is 12.5. The van der Waals surface area contributed by atoms with Gasteiger partial charge in [-0.15, -0.1) is 0 Å². The average molecular weight is 561 g/mol. The molecule has 40 heavy (non-hydrogen) atoms. The van der Waals surface area contributed by atoms with Crippen LogP contribution in [0.1, 0.15) is 174 Å².